The number of aromatic nitrogens is 3. The molecule has 1 amide bonds. The Labute approximate surface area is 241 Å². The number of halogens is 2. The van der Waals surface area contributed by atoms with Crippen molar-refractivity contribution in [3.63, 3.8) is 0 Å². The number of carbonyl (C=O) groups is 1. The van der Waals surface area contributed by atoms with E-state index >= 15 is 4.39 Å². The average molecular weight is 580 g/mol. The van der Waals surface area contributed by atoms with Gasteiger partial charge in [0.1, 0.15) is 39.4 Å². The van der Waals surface area contributed by atoms with Crippen molar-refractivity contribution in [2.45, 2.75) is 39.8 Å². The smallest absolute Gasteiger partial charge is 0.410 e. The lowest BCUT2D eigenvalue weighted by molar-refractivity contribution is 0.0240. The number of anilines is 3. The molecule has 1 aliphatic heterocycles. The molecule has 1 aliphatic rings. The summed E-state index contributed by atoms with van der Waals surface area (Å²) in [5.41, 5.74) is 1.44. The van der Waals surface area contributed by atoms with Crippen LogP contribution < -0.4 is 9.80 Å². The minimum Gasteiger partial charge on any atom is -0.444 e. The summed E-state index contributed by atoms with van der Waals surface area (Å²) >= 11 is 1.20. The maximum Gasteiger partial charge on any atom is 0.410 e. The Bertz CT molecular complexity index is 1630. The molecule has 12 heteroatoms. The normalized spacial score (nSPS) is 13.9. The Kier molecular flexibility index (Phi) is 7.57. The predicted molar refractivity (Wildman–Crippen MR) is 156 cm³/mol. The molecule has 0 aliphatic carbocycles. The molecule has 0 spiro atoms. The summed E-state index contributed by atoms with van der Waals surface area (Å²) in [7, 11) is 1.81. The fourth-order valence-corrected chi connectivity index (χ4v) is 5.67. The van der Waals surface area contributed by atoms with Crippen molar-refractivity contribution >= 4 is 45.0 Å². The number of ether oxygens (including phenoxy) is 1. The quantitative estimate of drug-likeness (QED) is 0.280. The van der Waals surface area contributed by atoms with Gasteiger partial charge in [-0.25, -0.2) is 23.2 Å². The van der Waals surface area contributed by atoms with Gasteiger partial charge in [-0.1, -0.05) is 11.3 Å². The van der Waals surface area contributed by atoms with Gasteiger partial charge in [-0.3, -0.25) is 0 Å². The largest absolute Gasteiger partial charge is 0.444 e. The van der Waals surface area contributed by atoms with E-state index in [4.69, 9.17) is 9.72 Å². The van der Waals surface area contributed by atoms with Crippen LogP contribution >= 0.6 is 11.3 Å². The van der Waals surface area contributed by atoms with E-state index in [-0.39, 0.29) is 17.4 Å². The number of hydrogen-bond donors (Lipinski definition) is 0. The second kappa shape index (κ2) is 11.0. The molecule has 5 rings (SSSR count). The number of nitrogens with zero attached hydrogens (tertiary/aromatic N) is 7. The van der Waals surface area contributed by atoms with Crippen molar-refractivity contribution in [3.05, 3.63) is 52.9 Å². The van der Waals surface area contributed by atoms with Crippen molar-refractivity contribution in [3.8, 4) is 17.3 Å². The summed E-state index contributed by atoms with van der Waals surface area (Å²) in [5, 5.41) is 15.4. The lowest BCUT2D eigenvalue weighted by atomic mass is 10.1. The topological polar surface area (TPSA) is 90.5 Å². The van der Waals surface area contributed by atoms with E-state index in [1.807, 2.05) is 38.7 Å². The second-order valence-electron chi connectivity index (χ2n) is 10.8. The Morgan fingerprint density at radius 1 is 1.15 bits per heavy atom. The first-order valence-corrected chi connectivity index (χ1v) is 14.1. The molecule has 4 aromatic rings. The predicted octanol–water partition coefficient (Wildman–Crippen LogP) is 6.15. The molecule has 0 unspecified atom stereocenters. The van der Waals surface area contributed by atoms with Gasteiger partial charge in [-0.05, 0) is 64.1 Å². The number of amides is 1. The van der Waals surface area contributed by atoms with Crippen LogP contribution in [0.2, 0.25) is 0 Å². The highest BCUT2D eigenvalue weighted by molar-refractivity contribution is 7.16. The van der Waals surface area contributed by atoms with Crippen molar-refractivity contribution in [1.82, 2.24) is 19.7 Å². The molecule has 0 atom stereocenters. The highest BCUT2D eigenvalue weighted by Crippen LogP contribution is 2.39. The van der Waals surface area contributed by atoms with Gasteiger partial charge in [0.2, 0.25) is 0 Å². The fourth-order valence-electron chi connectivity index (χ4n) is 4.82. The Hall–Kier alpha value is -4.24. The molecular formula is C29H31F2N7O2S. The maximum absolute atomic E-state index is 15.5. The van der Waals surface area contributed by atoms with E-state index in [2.05, 4.69) is 11.2 Å². The molecule has 2 aromatic carbocycles. The Morgan fingerprint density at radius 2 is 1.83 bits per heavy atom. The average Bonchev–Trinajstić information content (AvgIpc) is 3.54. The minimum absolute atomic E-state index is 0.237. The van der Waals surface area contributed by atoms with Gasteiger partial charge in [0.15, 0.2) is 10.9 Å². The third-order valence-corrected chi connectivity index (χ3v) is 7.83. The van der Waals surface area contributed by atoms with E-state index in [1.54, 1.807) is 33.7 Å². The highest BCUT2D eigenvalue weighted by atomic mass is 32.1. The third kappa shape index (κ3) is 5.67. The number of benzene rings is 2. The van der Waals surface area contributed by atoms with Gasteiger partial charge >= 0.3 is 6.09 Å². The van der Waals surface area contributed by atoms with Gasteiger partial charge in [-0.2, -0.15) is 10.4 Å². The number of hydrogen-bond acceptors (Lipinski definition) is 8. The van der Waals surface area contributed by atoms with Crippen molar-refractivity contribution in [2.75, 3.05) is 43.0 Å². The summed E-state index contributed by atoms with van der Waals surface area (Å²) in [6.45, 7) is 9.87. The van der Waals surface area contributed by atoms with Crippen LogP contribution in [0, 0.1) is 23.0 Å². The summed E-state index contributed by atoms with van der Waals surface area (Å²) < 4.78 is 36.2. The van der Waals surface area contributed by atoms with Crippen molar-refractivity contribution in [2.24, 2.45) is 0 Å². The highest BCUT2D eigenvalue weighted by Gasteiger charge is 2.28. The second-order valence-corrected chi connectivity index (χ2v) is 11.7. The summed E-state index contributed by atoms with van der Waals surface area (Å²) in [6, 6.07) is 11.4. The van der Waals surface area contributed by atoms with Crippen LogP contribution in [-0.4, -0.2) is 64.6 Å². The number of fused-ring (bicyclic) bond motifs is 1. The molecule has 0 N–H and O–H groups in total. The number of aryl methyl sites for hydroxylation is 1. The van der Waals surface area contributed by atoms with E-state index in [0.717, 1.165) is 0 Å². The maximum atomic E-state index is 15.5. The molecule has 0 radical (unpaired) electrons. The van der Waals surface area contributed by atoms with Crippen LogP contribution in [0.3, 0.4) is 0 Å². The number of rotatable bonds is 5. The Morgan fingerprint density at radius 3 is 2.44 bits per heavy atom. The molecule has 9 nitrogen and oxygen atoms in total. The standard InChI is InChI=1S/C29H31F2N7O2S/c1-6-38-26(35(5)27-33-24(23(17-32)41-27)18-7-9-19(30)10-8-18)21-15-20(16-22(31)25(21)34-38)36-11-13-37(14-12-36)28(39)40-29(2,3)4/h7-10,15-16H,6,11-14H2,1-5H3. The molecule has 214 valence electrons. The third-order valence-electron chi connectivity index (χ3n) is 6.79. The first-order valence-electron chi connectivity index (χ1n) is 13.3. The monoisotopic (exact) mass is 579 g/mol. The number of piperazine rings is 1. The summed E-state index contributed by atoms with van der Waals surface area (Å²) in [5.74, 6) is -0.181. The van der Waals surface area contributed by atoms with Crippen molar-refractivity contribution < 1.29 is 18.3 Å². The van der Waals surface area contributed by atoms with E-state index < -0.39 is 11.4 Å². The SMILES string of the molecule is CCn1nc2c(F)cc(N3CCN(C(=O)OC(C)(C)C)CC3)cc2c1N(C)c1nc(-c2ccc(F)cc2)c(C#N)s1. The van der Waals surface area contributed by atoms with Gasteiger partial charge in [0.05, 0.1) is 0 Å². The molecule has 41 heavy (non-hydrogen) atoms. The zero-order valence-electron chi connectivity index (χ0n) is 23.6. The lowest BCUT2D eigenvalue weighted by Crippen LogP contribution is -2.50. The summed E-state index contributed by atoms with van der Waals surface area (Å²) in [4.78, 5) is 23.1. The van der Waals surface area contributed by atoms with Crippen LogP contribution in [-0.2, 0) is 11.3 Å². The van der Waals surface area contributed by atoms with Crippen LogP contribution in [0.25, 0.3) is 22.2 Å². The first kappa shape index (κ1) is 28.3. The van der Waals surface area contributed by atoms with E-state index in [1.165, 1.54) is 29.5 Å². The van der Waals surface area contributed by atoms with Gasteiger partial charge in [0, 0.05) is 56.4 Å². The minimum atomic E-state index is -0.574. The number of nitriles is 1. The lowest BCUT2D eigenvalue weighted by Gasteiger charge is -2.36. The van der Waals surface area contributed by atoms with Gasteiger partial charge in [0.25, 0.3) is 0 Å². The number of carbonyl (C=O) groups excluding carboxylic acids is 1. The van der Waals surface area contributed by atoms with Crippen LogP contribution in [0.1, 0.15) is 32.6 Å². The Balaban J connectivity index is 1.47. The molecule has 1 fully saturated rings. The van der Waals surface area contributed by atoms with Gasteiger partial charge < -0.3 is 19.4 Å². The van der Waals surface area contributed by atoms with Crippen LogP contribution in [0.4, 0.5) is 30.2 Å². The zero-order chi connectivity index (χ0) is 29.5. The first-order chi connectivity index (χ1) is 19.5. The molecule has 3 heterocycles. The van der Waals surface area contributed by atoms with E-state index in [0.29, 0.717) is 70.9 Å². The molecular weight excluding hydrogens is 548 g/mol. The zero-order valence-corrected chi connectivity index (χ0v) is 24.4. The summed E-state index contributed by atoms with van der Waals surface area (Å²) in [6.07, 6.45) is -0.355. The molecule has 0 saturated carbocycles. The molecule has 2 aromatic heterocycles. The number of thiazole rings is 1. The molecule has 0 bridgehead atoms. The fraction of sp³-hybridized carbons (Fsp3) is 0.379. The van der Waals surface area contributed by atoms with Crippen molar-refractivity contribution in [1.29, 1.82) is 5.26 Å². The van der Waals surface area contributed by atoms with E-state index in [9.17, 15) is 14.4 Å². The van der Waals surface area contributed by atoms with Crippen LogP contribution in [0.5, 0.6) is 0 Å². The van der Waals surface area contributed by atoms with Crippen LogP contribution in [0.15, 0.2) is 36.4 Å². The van der Waals surface area contributed by atoms with Gasteiger partial charge in [-0.15, -0.1) is 0 Å². The molecule has 1 saturated heterocycles.